The molecule has 180 valence electrons. The smallest absolute Gasteiger partial charge is 0.224 e. The zero-order valence-electron chi connectivity index (χ0n) is 20.1. The number of hydrogen-bond acceptors (Lipinski definition) is 5. The Labute approximate surface area is 212 Å². The molecule has 0 bridgehead atoms. The van der Waals surface area contributed by atoms with Gasteiger partial charge in [0.2, 0.25) is 5.91 Å². The Bertz CT molecular complexity index is 1720. The minimum Gasteiger partial charge on any atom is -0.353 e. The lowest BCUT2D eigenvalue weighted by Crippen LogP contribution is -2.10. The number of hydrogen-bond donors (Lipinski definition) is 3. The minimum atomic E-state index is -0.0310. The van der Waals surface area contributed by atoms with Gasteiger partial charge < -0.3 is 10.3 Å². The van der Waals surface area contributed by atoms with E-state index in [2.05, 4.69) is 47.2 Å². The van der Waals surface area contributed by atoms with Crippen molar-refractivity contribution in [3.8, 4) is 22.6 Å². The predicted molar refractivity (Wildman–Crippen MR) is 144 cm³/mol. The molecule has 1 aliphatic rings. The van der Waals surface area contributed by atoms with Crippen molar-refractivity contribution in [3.63, 3.8) is 0 Å². The van der Waals surface area contributed by atoms with Gasteiger partial charge in [-0.1, -0.05) is 13.0 Å². The molecule has 1 aliphatic carbocycles. The van der Waals surface area contributed by atoms with Crippen LogP contribution in [0.1, 0.15) is 36.7 Å². The highest BCUT2D eigenvalue weighted by atomic mass is 16.1. The van der Waals surface area contributed by atoms with E-state index in [-0.39, 0.29) is 5.91 Å². The van der Waals surface area contributed by atoms with Crippen molar-refractivity contribution in [1.29, 1.82) is 0 Å². The molecule has 8 nitrogen and oxygen atoms in total. The van der Waals surface area contributed by atoms with Gasteiger partial charge in [-0.15, -0.1) is 5.73 Å². The lowest BCUT2D eigenvalue weighted by atomic mass is 10.0. The van der Waals surface area contributed by atoms with Crippen LogP contribution in [0, 0.1) is 0 Å². The quantitative estimate of drug-likeness (QED) is 0.265. The molecular weight excluding hydrogens is 462 g/mol. The van der Waals surface area contributed by atoms with Crippen molar-refractivity contribution in [1.82, 2.24) is 30.1 Å². The predicted octanol–water partition coefficient (Wildman–Crippen LogP) is 5.76. The van der Waals surface area contributed by atoms with Gasteiger partial charge in [-0.3, -0.25) is 24.8 Å². The summed E-state index contributed by atoms with van der Waals surface area (Å²) < 4.78 is 0. The number of rotatable bonds is 6. The molecule has 0 saturated carbocycles. The van der Waals surface area contributed by atoms with Crippen LogP contribution >= 0.6 is 0 Å². The first-order valence-corrected chi connectivity index (χ1v) is 12.1. The van der Waals surface area contributed by atoms with E-state index in [1.54, 1.807) is 24.8 Å². The molecule has 0 fully saturated rings. The van der Waals surface area contributed by atoms with Gasteiger partial charge in [0, 0.05) is 47.0 Å². The van der Waals surface area contributed by atoms with Crippen molar-refractivity contribution >= 4 is 34.1 Å². The summed E-state index contributed by atoms with van der Waals surface area (Å²) in [6, 6.07) is 11.8. The summed E-state index contributed by atoms with van der Waals surface area (Å²) in [4.78, 5) is 29.0. The molecule has 5 aromatic rings. The molecule has 0 atom stereocenters. The average Bonchev–Trinajstić information content (AvgIpc) is 3.48. The van der Waals surface area contributed by atoms with Gasteiger partial charge >= 0.3 is 0 Å². The number of allylic oxidation sites excluding steroid dienone is 2. The summed E-state index contributed by atoms with van der Waals surface area (Å²) in [5.41, 5.74) is 11.7. The molecule has 8 heteroatoms. The standard InChI is InChI=1S/C29H23N7O/c1-2-7-28(37)33-19-12-18(15-30-16-19)25-14-22-27(17-32-25)35-36-29(22)26-13-21-20(23-9-5-6-11-31-23)8-3-4-10-24(21)34-26/h3,5-6,8-17,34H,2,7H2,1H3,(H,33,37)(H,35,36). The highest BCUT2D eigenvalue weighted by Crippen LogP contribution is 2.34. The van der Waals surface area contributed by atoms with Crippen LogP contribution in [0.15, 0.2) is 79.1 Å². The first kappa shape index (κ1) is 22.4. The number of anilines is 1. The first-order chi connectivity index (χ1) is 18.2. The third-order valence-electron chi connectivity index (χ3n) is 6.15. The Morgan fingerprint density at radius 1 is 1.08 bits per heavy atom. The number of nitrogens with zero attached hydrogens (tertiary/aromatic N) is 4. The largest absolute Gasteiger partial charge is 0.353 e. The van der Waals surface area contributed by atoms with E-state index in [4.69, 9.17) is 0 Å². The molecule has 6 rings (SSSR count). The van der Waals surface area contributed by atoms with Crippen LogP contribution < -0.4 is 5.32 Å². The van der Waals surface area contributed by atoms with Crippen LogP contribution in [0.5, 0.6) is 0 Å². The zero-order valence-corrected chi connectivity index (χ0v) is 20.1. The summed E-state index contributed by atoms with van der Waals surface area (Å²) in [5.74, 6) is -0.0310. The Balaban J connectivity index is 1.39. The Kier molecular flexibility index (Phi) is 5.77. The molecule has 37 heavy (non-hydrogen) atoms. The Hall–Kier alpha value is -5.07. The van der Waals surface area contributed by atoms with Gasteiger partial charge in [-0.2, -0.15) is 5.10 Å². The third-order valence-corrected chi connectivity index (χ3v) is 6.15. The van der Waals surface area contributed by atoms with E-state index in [0.717, 1.165) is 62.5 Å². The summed E-state index contributed by atoms with van der Waals surface area (Å²) in [7, 11) is 0. The van der Waals surface area contributed by atoms with Crippen molar-refractivity contribution in [2.24, 2.45) is 0 Å². The van der Waals surface area contributed by atoms with Gasteiger partial charge in [0.1, 0.15) is 5.69 Å². The highest BCUT2D eigenvalue weighted by molar-refractivity contribution is 5.96. The van der Waals surface area contributed by atoms with Gasteiger partial charge in [0.25, 0.3) is 0 Å². The van der Waals surface area contributed by atoms with Crippen LogP contribution in [-0.4, -0.2) is 36.0 Å². The second kappa shape index (κ2) is 9.53. The molecule has 0 spiro atoms. The van der Waals surface area contributed by atoms with Crippen molar-refractivity contribution in [2.45, 2.75) is 19.8 Å². The number of H-pyrrole nitrogens is 2. The molecule has 0 radical (unpaired) electrons. The number of aromatic amines is 2. The lowest BCUT2D eigenvalue weighted by Gasteiger charge is -2.06. The Morgan fingerprint density at radius 2 is 2.03 bits per heavy atom. The van der Waals surface area contributed by atoms with Gasteiger partial charge in [0.15, 0.2) is 0 Å². The topological polar surface area (TPSA) is 112 Å². The fourth-order valence-electron chi connectivity index (χ4n) is 4.41. The maximum atomic E-state index is 12.0. The number of amides is 1. The van der Waals surface area contributed by atoms with E-state index in [1.165, 1.54) is 0 Å². The fraction of sp³-hybridized carbons (Fsp3) is 0.103. The highest BCUT2D eigenvalue weighted by Gasteiger charge is 2.18. The molecule has 0 saturated heterocycles. The summed E-state index contributed by atoms with van der Waals surface area (Å²) in [6.07, 6.45) is 14.0. The SMILES string of the molecule is CCCC(=O)Nc1cncc(-c2cc3c(-c4cc5c([nH]4)C=C=CC=C5c4ccccn4)n[nH]c3cn2)c1. The van der Waals surface area contributed by atoms with Gasteiger partial charge in [-0.25, -0.2) is 0 Å². The van der Waals surface area contributed by atoms with Crippen LogP contribution in [-0.2, 0) is 4.79 Å². The molecule has 5 heterocycles. The number of nitrogens with one attached hydrogen (secondary N) is 3. The van der Waals surface area contributed by atoms with Crippen LogP contribution in [0.4, 0.5) is 5.69 Å². The molecule has 3 N–H and O–H groups in total. The molecule has 0 aromatic carbocycles. The molecular formula is C29H23N7O. The molecule has 0 aliphatic heterocycles. The van der Waals surface area contributed by atoms with E-state index in [0.29, 0.717) is 12.1 Å². The normalized spacial score (nSPS) is 12.3. The number of fused-ring (bicyclic) bond motifs is 2. The van der Waals surface area contributed by atoms with E-state index < -0.39 is 0 Å². The average molecular weight is 486 g/mol. The number of aromatic nitrogens is 6. The summed E-state index contributed by atoms with van der Waals surface area (Å²) in [5, 5.41) is 11.5. The van der Waals surface area contributed by atoms with E-state index in [1.807, 2.05) is 55.5 Å². The monoisotopic (exact) mass is 485 g/mol. The number of pyridine rings is 3. The van der Waals surface area contributed by atoms with Crippen molar-refractivity contribution in [3.05, 3.63) is 96.0 Å². The second-order valence-electron chi connectivity index (χ2n) is 8.73. The molecule has 5 aromatic heterocycles. The van der Waals surface area contributed by atoms with Crippen LogP contribution in [0.3, 0.4) is 0 Å². The summed E-state index contributed by atoms with van der Waals surface area (Å²) in [6.45, 7) is 1.97. The van der Waals surface area contributed by atoms with Crippen LogP contribution in [0.2, 0.25) is 0 Å². The van der Waals surface area contributed by atoms with Gasteiger partial charge in [-0.05, 0) is 48.9 Å². The maximum Gasteiger partial charge on any atom is 0.224 e. The van der Waals surface area contributed by atoms with E-state index in [9.17, 15) is 4.79 Å². The Morgan fingerprint density at radius 3 is 2.89 bits per heavy atom. The minimum absolute atomic E-state index is 0.0310. The zero-order chi connectivity index (χ0) is 25.2. The number of carbonyl (C=O) groups excluding carboxylic acids is 1. The molecule has 0 unspecified atom stereocenters. The van der Waals surface area contributed by atoms with Crippen LogP contribution in [0.25, 0.3) is 45.2 Å². The van der Waals surface area contributed by atoms with E-state index >= 15 is 0 Å². The van der Waals surface area contributed by atoms with Crippen molar-refractivity contribution in [2.75, 3.05) is 5.32 Å². The maximum absolute atomic E-state index is 12.0. The number of carbonyl (C=O) groups is 1. The van der Waals surface area contributed by atoms with Gasteiger partial charge in [0.05, 0.1) is 46.4 Å². The third kappa shape index (κ3) is 4.37. The first-order valence-electron chi connectivity index (χ1n) is 12.1. The lowest BCUT2D eigenvalue weighted by molar-refractivity contribution is -0.116. The van der Waals surface area contributed by atoms with Crippen molar-refractivity contribution < 1.29 is 4.79 Å². The second-order valence-corrected chi connectivity index (χ2v) is 8.73. The molecule has 1 amide bonds. The summed E-state index contributed by atoms with van der Waals surface area (Å²) >= 11 is 0. The fourth-order valence-corrected chi connectivity index (χ4v) is 4.41.